The van der Waals surface area contributed by atoms with Gasteiger partial charge in [0.05, 0.1) is 0 Å². The molecule has 1 aromatic heterocycles. The van der Waals surface area contributed by atoms with Crippen molar-refractivity contribution in [3.8, 4) is 0 Å². The Morgan fingerprint density at radius 1 is 1.41 bits per heavy atom. The smallest absolute Gasteiger partial charge is 0.223 e. The van der Waals surface area contributed by atoms with Crippen molar-refractivity contribution >= 4 is 17.6 Å². The summed E-state index contributed by atoms with van der Waals surface area (Å²) in [7, 11) is 0. The van der Waals surface area contributed by atoms with E-state index in [1.165, 1.54) is 12.8 Å². The lowest BCUT2D eigenvalue weighted by Gasteiger charge is -2.24. The van der Waals surface area contributed by atoms with Crippen LogP contribution < -0.4 is 21.3 Å². The van der Waals surface area contributed by atoms with Gasteiger partial charge in [0.15, 0.2) is 0 Å². The monoisotopic (exact) mass is 304 g/mol. The van der Waals surface area contributed by atoms with Crippen LogP contribution in [0.3, 0.4) is 0 Å². The average Bonchev–Trinajstić information content (AvgIpc) is 2.90. The first-order valence-electron chi connectivity index (χ1n) is 8.48. The van der Waals surface area contributed by atoms with E-state index in [1.807, 2.05) is 6.07 Å². The third-order valence-electron chi connectivity index (χ3n) is 4.68. The maximum Gasteiger partial charge on any atom is 0.223 e. The van der Waals surface area contributed by atoms with Crippen LogP contribution in [0.2, 0.25) is 0 Å². The minimum Gasteiger partial charge on any atom is -0.370 e. The molecule has 2 fully saturated rings. The molecule has 2 unspecified atom stereocenters. The Labute approximate surface area is 132 Å². The summed E-state index contributed by atoms with van der Waals surface area (Å²) in [6.07, 6.45) is 3.72. The Hall–Kier alpha value is -1.56. The zero-order valence-electron chi connectivity index (χ0n) is 13.7. The molecule has 1 aromatic rings. The minimum atomic E-state index is 0.354. The standard InChI is InChI=1S/C16H28N6/c1-11(2)5-7-19-14-8-15(21-16(17)20-14)22-9-12-4-3-6-18-13(12)10-22/h8,11-13,18H,3-7,9-10H2,1-2H3,(H3,17,19,20,21). The van der Waals surface area contributed by atoms with Crippen molar-refractivity contribution in [1.82, 2.24) is 15.3 Å². The van der Waals surface area contributed by atoms with Gasteiger partial charge in [-0.1, -0.05) is 13.8 Å². The summed E-state index contributed by atoms with van der Waals surface area (Å²) >= 11 is 0. The van der Waals surface area contributed by atoms with Crippen molar-refractivity contribution in [2.24, 2.45) is 11.8 Å². The molecule has 2 aliphatic heterocycles. The van der Waals surface area contributed by atoms with E-state index in [2.05, 4.69) is 39.3 Å². The van der Waals surface area contributed by atoms with Crippen LogP contribution >= 0.6 is 0 Å². The topological polar surface area (TPSA) is 79.1 Å². The summed E-state index contributed by atoms with van der Waals surface area (Å²) in [5, 5.41) is 6.99. The van der Waals surface area contributed by atoms with Crippen LogP contribution in [0.25, 0.3) is 0 Å². The Bertz CT molecular complexity index is 489. The number of aromatic nitrogens is 2. The fourth-order valence-electron chi connectivity index (χ4n) is 3.43. The highest BCUT2D eigenvalue weighted by atomic mass is 15.3. The van der Waals surface area contributed by atoms with Crippen molar-refractivity contribution in [3.05, 3.63) is 6.07 Å². The summed E-state index contributed by atoms with van der Waals surface area (Å²) in [6, 6.07) is 2.64. The molecule has 0 spiro atoms. The predicted octanol–water partition coefficient (Wildman–Crippen LogP) is 1.70. The molecule has 0 aromatic carbocycles. The fraction of sp³-hybridized carbons (Fsp3) is 0.750. The van der Waals surface area contributed by atoms with Crippen LogP contribution in [0.4, 0.5) is 17.6 Å². The van der Waals surface area contributed by atoms with Gasteiger partial charge in [0.2, 0.25) is 5.95 Å². The van der Waals surface area contributed by atoms with Gasteiger partial charge in [-0.15, -0.1) is 0 Å². The Morgan fingerprint density at radius 3 is 3.05 bits per heavy atom. The Kier molecular flexibility index (Phi) is 4.66. The fourth-order valence-corrected chi connectivity index (χ4v) is 3.43. The number of hydrogen-bond acceptors (Lipinski definition) is 6. The summed E-state index contributed by atoms with van der Waals surface area (Å²) in [5.74, 6) is 3.57. The average molecular weight is 304 g/mol. The first kappa shape index (κ1) is 15.3. The number of rotatable bonds is 5. The molecule has 6 heteroatoms. The van der Waals surface area contributed by atoms with Crippen molar-refractivity contribution < 1.29 is 0 Å². The lowest BCUT2D eigenvalue weighted by atomic mass is 9.94. The van der Waals surface area contributed by atoms with Crippen LogP contribution in [-0.4, -0.2) is 42.2 Å². The molecule has 2 aliphatic rings. The summed E-state index contributed by atoms with van der Waals surface area (Å²) in [4.78, 5) is 11.1. The molecule has 122 valence electrons. The van der Waals surface area contributed by atoms with Gasteiger partial charge in [-0.05, 0) is 37.6 Å². The van der Waals surface area contributed by atoms with Crippen molar-refractivity contribution in [2.75, 3.05) is 42.1 Å². The molecule has 3 heterocycles. The largest absolute Gasteiger partial charge is 0.370 e. The van der Waals surface area contributed by atoms with Gasteiger partial charge in [-0.25, -0.2) is 0 Å². The highest BCUT2D eigenvalue weighted by molar-refractivity contribution is 5.53. The van der Waals surface area contributed by atoms with E-state index in [-0.39, 0.29) is 0 Å². The van der Waals surface area contributed by atoms with Crippen LogP contribution in [0.15, 0.2) is 6.07 Å². The van der Waals surface area contributed by atoms with Crippen molar-refractivity contribution in [3.63, 3.8) is 0 Å². The molecule has 6 nitrogen and oxygen atoms in total. The van der Waals surface area contributed by atoms with Gasteiger partial charge in [-0.3, -0.25) is 0 Å². The Morgan fingerprint density at radius 2 is 2.27 bits per heavy atom. The quantitative estimate of drug-likeness (QED) is 0.768. The zero-order valence-corrected chi connectivity index (χ0v) is 13.7. The molecule has 0 saturated carbocycles. The second-order valence-electron chi connectivity index (χ2n) is 6.95. The van der Waals surface area contributed by atoms with E-state index >= 15 is 0 Å². The molecule has 4 N–H and O–H groups in total. The first-order valence-corrected chi connectivity index (χ1v) is 8.48. The molecule has 2 atom stereocenters. The van der Waals surface area contributed by atoms with Gasteiger partial charge < -0.3 is 21.3 Å². The summed E-state index contributed by atoms with van der Waals surface area (Å²) in [5.41, 5.74) is 5.90. The maximum atomic E-state index is 5.90. The van der Waals surface area contributed by atoms with Gasteiger partial charge in [0.25, 0.3) is 0 Å². The number of hydrogen-bond donors (Lipinski definition) is 3. The number of piperidine rings is 1. The van der Waals surface area contributed by atoms with Crippen molar-refractivity contribution in [1.29, 1.82) is 0 Å². The molecule has 2 saturated heterocycles. The molecule has 22 heavy (non-hydrogen) atoms. The van der Waals surface area contributed by atoms with E-state index < -0.39 is 0 Å². The van der Waals surface area contributed by atoms with Crippen molar-refractivity contribution in [2.45, 2.75) is 39.2 Å². The Balaban J connectivity index is 1.67. The van der Waals surface area contributed by atoms with Gasteiger partial charge >= 0.3 is 0 Å². The van der Waals surface area contributed by atoms with E-state index in [1.54, 1.807) is 0 Å². The highest BCUT2D eigenvalue weighted by Gasteiger charge is 2.34. The third kappa shape index (κ3) is 3.61. The molecular weight excluding hydrogens is 276 g/mol. The number of nitrogen functional groups attached to an aromatic ring is 1. The second kappa shape index (κ2) is 6.69. The first-order chi connectivity index (χ1) is 10.6. The summed E-state index contributed by atoms with van der Waals surface area (Å²) in [6.45, 7) is 8.59. The lowest BCUT2D eigenvalue weighted by molar-refractivity contribution is 0.340. The third-order valence-corrected chi connectivity index (χ3v) is 4.68. The number of nitrogens with one attached hydrogen (secondary N) is 2. The minimum absolute atomic E-state index is 0.354. The highest BCUT2D eigenvalue weighted by Crippen LogP contribution is 2.29. The number of nitrogens with zero attached hydrogens (tertiary/aromatic N) is 3. The zero-order chi connectivity index (χ0) is 15.5. The SMILES string of the molecule is CC(C)CCNc1cc(N2CC3CCCNC3C2)nc(N)n1. The van der Waals surface area contributed by atoms with E-state index in [0.717, 1.165) is 50.2 Å². The number of anilines is 3. The molecule has 0 radical (unpaired) electrons. The van der Waals surface area contributed by atoms with Crippen LogP contribution in [0, 0.1) is 11.8 Å². The van der Waals surface area contributed by atoms with Gasteiger partial charge in [0.1, 0.15) is 11.6 Å². The molecule has 0 aliphatic carbocycles. The summed E-state index contributed by atoms with van der Waals surface area (Å²) < 4.78 is 0. The maximum absolute atomic E-state index is 5.90. The van der Waals surface area contributed by atoms with Gasteiger partial charge in [0, 0.05) is 31.7 Å². The molecule has 3 rings (SSSR count). The molecular formula is C16H28N6. The molecule has 0 bridgehead atoms. The van der Waals surface area contributed by atoms with Crippen LogP contribution in [0.1, 0.15) is 33.1 Å². The van der Waals surface area contributed by atoms with E-state index in [0.29, 0.717) is 17.9 Å². The lowest BCUT2D eigenvalue weighted by Crippen LogP contribution is -2.40. The normalized spacial score (nSPS) is 24.6. The molecule has 0 amide bonds. The van der Waals surface area contributed by atoms with Crippen LogP contribution in [0.5, 0.6) is 0 Å². The predicted molar refractivity (Wildman–Crippen MR) is 91.1 cm³/mol. The number of fused-ring (bicyclic) bond motifs is 1. The van der Waals surface area contributed by atoms with Crippen LogP contribution in [-0.2, 0) is 0 Å². The van der Waals surface area contributed by atoms with E-state index in [4.69, 9.17) is 5.73 Å². The second-order valence-corrected chi connectivity index (χ2v) is 6.95. The van der Waals surface area contributed by atoms with E-state index in [9.17, 15) is 0 Å². The van der Waals surface area contributed by atoms with Gasteiger partial charge in [-0.2, -0.15) is 9.97 Å². The number of nitrogens with two attached hydrogens (primary N) is 1.